The summed E-state index contributed by atoms with van der Waals surface area (Å²) in [6.07, 6.45) is 0. The van der Waals surface area contributed by atoms with E-state index in [2.05, 4.69) is 10.2 Å². The van der Waals surface area contributed by atoms with Gasteiger partial charge in [-0.15, -0.1) is 10.2 Å². The van der Waals surface area contributed by atoms with Gasteiger partial charge in [-0.05, 0) is 19.4 Å². The van der Waals surface area contributed by atoms with Crippen LogP contribution in [0.1, 0.15) is 47.3 Å². The fourth-order valence-corrected chi connectivity index (χ4v) is 2.16. The van der Waals surface area contributed by atoms with Crippen molar-refractivity contribution in [2.75, 3.05) is 0 Å². The predicted octanol–water partition coefficient (Wildman–Crippen LogP) is 2.51. The molecule has 0 bridgehead atoms. The van der Waals surface area contributed by atoms with Gasteiger partial charge in [-0.2, -0.15) is 0 Å². The van der Waals surface area contributed by atoms with Crippen LogP contribution in [0.4, 0.5) is 0 Å². The number of carboxylic acid groups (broad SMARTS) is 1. The summed E-state index contributed by atoms with van der Waals surface area (Å²) in [6, 6.07) is 0. The lowest BCUT2D eigenvalue weighted by molar-refractivity contribution is 0.0695. The quantitative estimate of drug-likeness (QED) is 0.920. The summed E-state index contributed by atoms with van der Waals surface area (Å²) in [7, 11) is 1.79. The van der Waals surface area contributed by atoms with Crippen molar-refractivity contribution in [1.82, 2.24) is 14.8 Å². The Hall–Kier alpha value is -2.11. The lowest BCUT2D eigenvalue weighted by atomic mass is 10.1. The number of aromatic nitrogens is 3. The van der Waals surface area contributed by atoms with Crippen molar-refractivity contribution in [2.24, 2.45) is 7.05 Å². The molecule has 0 radical (unpaired) electrons. The minimum Gasteiger partial charge on any atom is -0.478 e. The van der Waals surface area contributed by atoms with Gasteiger partial charge in [-0.25, -0.2) is 4.79 Å². The molecule has 2 rings (SSSR count). The van der Waals surface area contributed by atoms with Gasteiger partial charge in [0, 0.05) is 18.7 Å². The summed E-state index contributed by atoms with van der Waals surface area (Å²) in [4.78, 5) is 11.3. The summed E-state index contributed by atoms with van der Waals surface area (Å²) in [5.74, 6) is 0.103. The van der Waals surface area contributed by atoms with E-state index in [1.807, 2.05) is 13.8 Å². The van der Waals surface area contributed by atoms with E-state index in [1.165, 1.54) is 0 Å². The third-order valence-corrected chi connectivity index (χ3v) is 3.28. The fraction of sp³-hybridized carbons (Fsp3) is 0.462. The van der Waals surface area contributed by atoms with E-state index in [9.17, 15) is 9.90 Å². The molecule has 0 saturated heterocycles. The highest BCUT2D eigenvalue weighted by molar-refractivity contribution is 5.93. The number of aromatic carboxylic acids is 1. The topological polar surface area (TPSA) is 81.1 Å². The minimum atomic E-state index is -0.944. The second kappa shape index (κ2) is 4.53. The molecule has 0 aliphatic heterocycles. The molecule has 0 aliphatic carbocycles. The van der Waals surface area contributed by atoms with E-state index in [0.717, 1.165) is 0 Å². The van der Waals surface area contributed by atoms with Crippen LogP contribution in [0.15, 0.2) is 4.42 Å². The first kappa shape index (κ1) is 13.3. The molecular formula is C13H17N3O3. The maximum atomic E-state index is 11.3. The zero-order chi connectivity index (χ0) is 14.3. The van der Waals surface area contributed by atoms with Crippen LogP contribution in [0, 0.1) is 13.8 Å². The summed E-state index contributed by atoms with van der Waals surface area (Å²) in [5.41, 5.74) is 2.27. The second-order valence-electron chi connectivity index (χ2n) is 4.90. The Kier molecular flexibility index (Phi) is 3.18. The minimum absolute atomic E-state index is 0.141. The number of nitrogens with zero attached hydrogens (tertiary/aromatic N) is 3. The normalized spacial score (nSPS) is 11.3. The second-order valence-corrected chi connectivity index (χ2v) is 4.90. The van der Waals surface area contributed by atoms with Crippen LogP contribution >= 0.6 is 0 Å². The van der Waals surface area contributed by atoms with Gasteiger partial charge in [-0.1, -0.05) is 13.8 Å². The molecule has 2 aromatic rings. The summed E-state index contributed by atoms with van der Waals surface area (Å²) in [6.45, 7) is 7.44. The van der Waals surface area contributed by atoms with Crippen LogP contribution in [-0.2, 0) is 7.05 Å². The molecule has 0 amide bonds. The van der Waals surface area contributed by atoms with Gasteiger partial charge in [-0.3, -0.25) is 0 Å². The van der Waals surface area contributed by atoms with Gasteiger partial charge in [0.1, 0.15) is 5.69 Å². The van der Waals surface area contributed by atoms with Crippen LogP contribution in [0.5, 0.6) is 0 Å². The van der Waals surface area contributed by atoms with Gasteiger partial charge in [0.25, 0.3) is 5.89 Å². The van der Waals surface area contributed by atoms with Crippen molar-refractivity contribution < 1.29 is 14.3 Å². The van der Waals surface area contributed by atoms with E-state index >= 15 is 0 Å². The van der Waals surface area contributed by atoms with Crippen molar-refractivity contribution in [2.45, 2.75) is 33.6 Å². The van der Waals surface area contributed by atoms with E-state index < -0.39 is 5.97 Å². The van der Waals surface area contributed by atoms with E-state index in [0.29, 0.717) is 34.3 Å². The molecule has 0 spiro atoms. The van der Waals surface area contributed by atoms with Crippen LogP contribution in [0.3, 0.4) is 0 Å². The summed E-state index contributed by atoms with van der Waals surface area (Å²) < 4.78 is 7.38. The Bertz CT molecular complexity index is 638. The van der Waals surface area contributed by atoms with E-state index in [1.54, 1.807) is 25.5 Å². The first-order valence-corrected chi connectivity index (χ1v) is 6.07. The highest BCUT2D eigenvalue weighted by atomic mass is 16.4. The maximum Gasteiger partial charge on any atom is 0.337 e. The Morgan fingerprint density at radius 2 is 1.95 bits per heavy atom. The molecule has 6 heteroatoms. The highest BCUT2D eigenvalue weighted by Crippen LogP contribution is 2.30. The average Bonchev–Trinajstić information content (AvgIpc) is 2.84. The van der Waals surface area contributed by atoms with E-state index in [4.69, 9.17) is 4.42 Å². The number of hydrogen-bond acceptors (Lipinski definition) is 4. The molecule has 2 aromatic heterocycles. The Balaban J connectivity index is 2.62. The van der Waals surface area contributed by atoms with Crippen molar-refractivity contribution in [3.05, 3.63) is 22.7 Å². The molecule has 19 heavy (non-hydrogen) atoms. The zero-order valence-electron chi connectivity index (χ0n) is 11.7. The smallest absolute Gasteiger partial charge is 0.337 e. The lowest BCUT2D eigenvalue weighted by Gasteiger charge is -2.01. The van der Waals surface area contributed by atoms with Gasteiger partial charge in [0.05, 0.1) is 5.56 Å². The molecule has 6 nitrogen and oxygen atoms in total. The van der Waals surface area contributed by atoms with Gasteiger partial charge >= 0.3 is 5.97 Å². The van der Waals surface area contributed by atoms with Crippen molar-refractivity contribution in [3.63, 3.8) is 0 Å². The molecule has 0 atom stereocenters. The SMILES string of the molecule is Cc1c(C(=O)O)c(C)n(C)c1-c1nnc(C(C)C)o1. The molecular weight excluding hydrogens is 246 g/mol. The third kappa shape index (κ3) is 2.03. The zero-order valence-corrected chi connectivity index (χ0v) is 11.7. The van der Waals surface area contributed by atoms with Crippen molar-refractivity contribution in [1.29, 1.82) is 0 Å². The first-order chi connectivity index (χ1) is 8.84. The van der Waals surface area contributed by atoms with E-state index in [-0.39, 0.29) is 5.92 Å². The molecule has 0 unspecified atom stereocenters. The molecule has 102 valence electrons. The average molecular weight is 263 g/mol. The molecule has 0 fully saturated rings. The first-order valence-electron chi connectivity index (χ1n) is 6.07. The summed E-state index contributed by atoms with van der Waals surface area (Å²) in [5, 5.41) is 17.2. The summed E-state index contributed by atoms with van der Waals surface area (Å²) >= 11 is 0. The van der Waals surface area contributed by atoms with Crippen LogP contribution in [0.25, 0.3) is 11.6 Å². The molecule has 0 aliphatic rings. The number of rotatable bonds is 3. The number of carbonyl (C=O) groups is 1. The highest BCUT2D eigenvalue weighted by Gasteiger charge is 2.24. The van der Waals surface area contributed by atoms with Gasteiger partial charge in [0.2, 0.25) is 5.89 Å². The molecule has 0 aromatic carbocycles. The van der Waals surface area contributed by atoms with Crippen LogP contribution in [-0.4, -0.2) is 25.8 Å². The predicted molar refractivity (Wildman–Crippen MR) is 69.2 cm³/mol. The maximum absolute atomic E-state index is 11.3. The molecule has 0 saturated carbocycles. The number of carboxylic acids is 1. The Morgan fingerprint density at radius 1 is 1.32 bits per heavy atom. The standard InChI is InChI=1S/C13H17N3O3/c1-6(2)11-14-15-12(19-11)10-7(3)9(13(17)18)8(4)16(10)5/h6H,1-5H3,(H,17,18). The van der Waals surface area contributed by atoms with Crippen molar-refractivity contribution in [3.8, 4) is 11.6 Å². The largest absolute Gasteiger partial charge is 0.478 e. The van der Waals surface area contributed by atoms with Crippen molar-refractivity contribution >= 4 is 5.97 Å². The fourth-order valence-electron chi connectivity index (χ4n) is 2.16. The van der Waals surface area contributed by atoms with Gasteiger partial charge in [0.15, 0.2) is 0 Å². The molecule has 2 heterocycles. The lowest BCUT2D eigenvalue weighted by Crippen LogP contribution is -2.00. The molecule has 1 N–H and O–H groups in total. The number of hydrogen-bond donors (Lipinski definition) is 1. The van der Waals surface area contributed by atoms with Crippen LogP contribution < -0.4 is 0 Å². The van der Waals surface area contributed by atoms with Crippen LogP contribution in [0.2, 0.25) is 0 Å². The Morgan fingerprint density at radius 3 is 2.37 bits per heavy atom. The Labute approximate surface area is 111 Å². The monoisotopic (exact) mass is 263 g/mol. The van der Waals surface area contributed by atoms with Gasteiger partial charge < -0.3 is 14.1 Å². The third-order valence-electron chi connectivity index (χ3n) is 3.28.